The van der Waals surface area contributed by atoms with Crippen molar-refractivity contribution >= 4 is 11.6 Å². The molecule has 1 saturated heterocycles. The molecule has 1 aromatic rings. The second-order valence-corrected chi connectivity index (χ2v) is 6.42. The zero-order valence-corrected chi connectivity index (χ0v) is 13.8. The summed E-state index contributed by atoms with van der Waals surface area (Å²) in [7, 11) is 0. The van der Waals surface area contributed by atoms with Crippen molar-refractivity contribution in [3.63, 3.8) is 0 Å². The topological polar surface area (TPSA) is 53.9 Å². The van der Waals surface area contributed by atoms with E-state index in [0.717, 1.165) is 36.6 Å². The third-order valence-electron chi connectivity index (χ3n) is 4.48. The summed E-state index contributed by atoms with van der Waals surface area (Å²) in [5.74, 6) is 0.987. The largest absolute Gasteiger partial charge is 0.494 e. The lowest BCUT2D eigenvalue weighted by atomic mass is 9.94. The summed E-state index contributed by atoms with van der Waals surface area (Å²) < 4.78 is 5.88. The van der Waals surface area contributed by atoms with Gasteiger partial charge in [-0.1, -0.05) is 19.1 Å². The minimum Gasteiger partial charge on any atom is -0.494 e. The number of amides is 1. The molecule has 2 aliphatic heterocycles. The quantitative estimate of drug-likeness (QED) is 0.820. The number of rotatable bonds is 6. The minimum atomic E-state index is -0.0180. The van der Waals surface area contributed by atoms with Crippen molar-refractivity contribution in [2.75, 3.05) is 26.2 Å². The average Bonchev–Trinajstić information content (AvgIpc) is 3.05. The summed E-state index contributed by atoms with van der Waals surface area (Å²) in [5, 5.41) is 4.21. The van der Waals surface area contributed by atoms with Crippen LogP contribution in [0.25, 0.3) is 0 Å². The molecule has 5 heteroatoms. The first-order valence-corrected chi connectivity index (χ1v) is 8.54. The van der Waals surface area contributed by atoms with E-state index in [4.69, 9.17) is 4.74 Å². The molecule has 1 unspecified atom stereocenters. The van der Waals surface area contributed by atoms with Crippen LogP contribution >= 0.6 is 0 Å². The molecule has 0 saturated carbocycles. The zero-order valence-electron chi connectivity index (χ0n) is 13.8. The van der Waals surface area contributed by atoms with E-state index in [0.29, 0.717) is 6.42 Å². The number of nitrogens with zero attached hydrogens (tertiary/aromatic N) is 2. The van der Waals surface area contributed by atoms with Crippen LogP contribution in [0.3, 0.4) is 0 Å². The van der Waals surface area contributed by atoms with Gasteiger partial charge in [0.25, 0.3) is 0 Å². The molecule has 0 aromatic heterocycles. The molecule has 0 bridgehead atoms. The Morgan fingerprint density at radius 2 is 2.17 bits per heavy atom. The van der Waals surface area contributed by atoms with Gasteiger partial charge in [-0.3, -0.25) is 4.79 Å². The predicted molar refractivity (Wildman–Crippen MR) is 90.7 cm³/mol. The Hall–Kier alpha value is -1.88. The highest BCUT2D eigenvalue weighted by Crippen LogP contribution is 2.20. The predicted octanol–water partition coefficient (Wildman–Crippen LogP) is 2.41. The highest BCUT2D eigenvalue weighted by Gasteiger charge is 2.21. The summed E-state index contributed by atoms with van der Waals surface area (Å²) in [6.45, 7) is 6.35. The van der Waals surface area contributed by atoms with E-state index in [9.17, 15) is 4.79 Å². The van der Waals surface area contributed by atoms with Gasteiger partial charge in [-0.05, 0) is 44.5 Å². The van der Waals surface area contributed by atoms with Crippen molar-refractivity contribution < 1.29 is 9.53 Å². The molecule has 1 atom stereocenters. The monoisotopic (exact) mass is 315 g/mol. The van der Waals surface area contributed by atoms with E-state index >= 15 is 0 Å². The normalized spacial score (nSPS) is 21.9. The van der Waals surface area contributed by atoms with Crippen molar-refractivity contribution in [1.29, 1.82) is 0 Å². The molecule has 0 spiro atoms. The second-order valence-electron chi connectivity index (χ2n) is 6.42. The molecular weight excluding hydrogens is 290 g/mol. The summed E-state index contributed by atoms with van der Waals surface area (Å²) in [6.07, 6.45) is 4.21. The summed E-state index contributed by atoms with van der Waals surface area (Å²) in [4.78, 5) is 13.9. The average molecular weight is 315 g/mol. The van der Waals surface area contributed by atoms with E-state index in [1.807, 2.05) is 31.2 Å². The number of ether oxygens (including phenoxy) is 1. The van der Waals surface area contributed by atoms with Gasteiger partial charge in [-0.25, -0.2) is 5.43 Å². The number of carbonyl (C=O) groups excluding carboxylic acids is 1. The number of hydrogen-bond donors (Lipinski definition) is 1. The molecule has 0 aliphatic carbocycles. The molecule has 124 valence electrons. The van der Waals surface area contributed by atoms with Crippen LogP contribution in [0.5, 0.6) is 5.75 Å². The second kappa shape index (κ2) is 7.59. The van der Waals surface area contributed by atoms with Gasteiger partial charge in [0.2, 0.25) is 5.91 Å². The first-order valence-electron chi connectivity index (χ1n) is 8.54. The third kappa shape index (κ3) is 4.32. The van der Waals surface area contributed by atoms with E-state index in [2.05, 4.69) is 15.4 Å². The molecule has 0 radical (unpaired) electrons. The lowest BCUT2D eigenvalue weighted by molar-refractivity contribution is -0.121. The number of hydrogen-bond acceptors (Lipinski definition) is 4. The molecule has 3 rings (SSSR count). The highest BCUT2D eigenvalue weighted by atomic mass is 16.5. The van der Waals surface area contributed by atoms with Crippen LogP contribution in [0.2, 0.25) is 0 Å². The number of benzene rings is 1. The molecule has 1 N–H and O–H groups in total. The van der Waals surface area contributed by atoms with Crippen molar-refractivity contribution in [3.8, 4) is 5.75 Å². The van der Waals surface area contributed by atoms with Crippen LogP contribution in [0.1, 0.15) is 38.2 Å². The summed E-state index contributed by atoms with van der Waals surface area (Å²) in [6, 6.07) is 8.00. The van der Waals surface area contributed by atoms with Gasteiger partial charge in [0.15, 0.2) is 0 Å². The van der Waals surface area contributed by atoms with Gasteiger partial charge >= 0.3 is 0 Å². The standard InChI is InChI=1S/C18H25N3O2/c1-14-12-17(22)19-20-18(14)15-6-4-7-16(13-15)23-11-5-10-21-8-2-3-9-21/h4,6-7,13-14H,2-3,5,8-12H2,1H3,(H,19,22). The van der Waals surface area contributed by atoms with Crippen molar-refractivity contribution in [3.05, 3.63) is 29.8 Å². The maximum atomic E-state index is 11.4. The Labute approximate surface area is 137 Å². The van der Waals surface area contributed by atoms with Crippen LogP contribution in [-0.2, 0) is 4.79 Å². The van der Waals surface area contributed by atoms with Gasteiger partial charge in [0, 0.05) is 24.4 Å². The fraction of sp³-hybridized carbons (Fsp3) is 0.556. The summed E-state index contributed by atoms with van der Waals surface area (Å²) >= 11 is 0. The molecule has 2 heterocycles. The zero-order chi connectivity index (χ0) is 16.1. The Balaban J connectivity index is 1.53. The third-order valence-corrected chi connectivity index (χ3v) is 4.48. The first kappa shape index (κ1) is 16.0. The van der Waals surface area contributed by atoms with Crippen molar-refractivity contribution in [1.82, 2.24) is 10.3 Å². The van der Waals surface area contributed by atoms with E-state index in [-0.39, 0.29) is 11.8 Å². The number of hydrazone groups is 1. The van der Waals surface area contributed by atoms with Crippen molar-refractivity contribution in [2.24, 2.45) is 11.0 Å². The molecule has 23 heavy (non-hydrogen) atoms. The molecule has 2 aliphatic rings. The maximum Gasteiger partial charge on any atom is 0.240 e. The Morgan fingerprint density at radius 1 is 1.35 bits per heavy atom. The number of carbonyl (C=O) groups is 1. The number of likely N-dealkylation sites (tertiary alicyclic amines) is 1. The van der Waals surface area contributed by atoms with Crippen LogP contribution in [-0.4, -0.2) is 42.8 Å². The van der Waals surface area contributed by atoms with E-state index in [1.54, 1.807) is 0 Å². The van der Waals surface area contributed by atoms with E-state index in [1.165, 1.54) is 25.9 Å². The Bertz CT molecular complexity index is 579. The smallest absolute Gasteiger partial charge is 0.240 e. The molecule has 5 nitrogen and oxygen atoms in total. The highest BCUT2D eigenvalue weighted by molar-refractivity contribution is 6.05. The van der Waals surface area contributed by atoms with Crippen molar-refractivity contribution in [2.45, 2.75) is 32.6 Å². The summed E-state index contributed by atoms with van der Waals surface area (Å²) in [5.41, 5.74) is 4.51. The lowest BCUT2D eigenvalue weighted by Crippen LogP contribution is -2.31. The van der Waals surface area contributed by atoms with Gasteiger partial charge in [0.05, 0.1) is 12.3 Å². The minimum absolute atomic E-state index is 0.0180. The Kier molecular flexibility index (Phi) is 5.28. The van der Waals surface area contributed by atoms with Gasteiger partial charge < -0.3 is 9.64 Å². The van der Waals surface area contributed by atoms with Crippen LogP contribution < -0.4 is 10.2 Å². The molecule has 1 fully saturated rings. The fourth-order valence-corrected chi connectivity index (χ4v) is 3.23. The van der Waals surface area contributed by atoms with Gasteiger partial charge in [0.1, 0.15) is 5.75 Å². The number of nitrogens with one attached hydrogen (secondary N) is 1. The molecule has 1 aromatic carbocycles. The Morgan fingerprint density at radius 3 is 2.96 bits per heavy atom. The lowest BCUT2D eigenvalue weighted by Gasteiger charge is -2.19. The van der Waals surface area contributed by atoms with Crippen LogP contribution in [0, 0.1) is 5.92 Å². The molecule has 1 amide bonds. The molecular formula is C18H25N3O2. The van der Waals surface area contributed by atoms with E-state index < -0.39 is 0 Å². The first-order chi connectivity index (χ1) is 11.2. The van der Waals surface area contributed by atoms with Gasteiger partial charge in [-0.2, -0.15) is 5.10 Å². The SMILES string of the molecule is CC1CC(=O)NN=C1c1cccc(OCCCN2CCCC2)c1. The van der Waals surface area contributed by atoms with Crippen LogP contribution in [0.4, 0.5) is 0 Å². The fourth-order valence-electron chi connectivity index (χ4n) is 3.23. The van der Waals surface area contributed by atoms with Gasteiger partial charge in [-0.15, -0.1) is 0 Å². The van der Waals surface area contributed by atoms with Crippen LogP contribution in [0.15, 0.2) is 29.4 Å². The maximum absolute atomic E-state index is 11.4.